The van der Waals surface area contributed by atoms with Crippen LogP contribution in [0, 0.1) is 0 Å². The van der Waals surface area contributed by atoms with Crippen LogP contribution in [0.1, 0.15) is 38.4 Å². The molecule has 0 saturated heterocycles. The fraction of sp³-hybridized carbons (Fsp3) is 0.571. The van der Waals surface area contributed by atoms with Crippen LogP contribution in [0.5, 0.6) is 0 Å². The zero-order valence-corrected chi connectivity index (χ0v) is 10.8. The molecule has 1 aromatic rings. The molecule has 0 aliphatic rings. The highest BCUT2D eigenvalue weighted by atomic mass is 16.3. The molecule has 1 aromatic carbocycles. The summed E-state index contributed by atoms with van der Waals surface area (Å²) in [4.78, 5) is 2.13. The average molecular weight is 237 g/mol. The Morgan fingerprint density at radius 1 is 1.18 bits per heavy atom. The number of aliphatic hydroxyl groups is 2. The first-order valence-electron chi connectivity index (χ1n) is 6.37. The molecule has 3 nitrogen and oxygen atoms in total. The van der Waals surface area contributed by atoms with E-state index < -0.39 is 6.10 Å². The molecule has 0 amide bonds. The molecule has 96 valence electrons. The summed E-state index contributed by atoms with van der Waals surface area (Å²) in [7, 11) is 0. The first-order valence-corrected chi connectivity index (χ1v) is 6.37. The van der Waals surface area contributed by atoms with Crippen LogP contribution in [0.15, 0.2) is 24.3 Å². The Labute approximate surface area is 104 Å². The maximum Gasteiger partial charge on any atom is 0.0807 e. The second kappa shape index (κ2) is 7.30. The van der Waals surface area contributed by atoms with Crippen molar-refractivity contribution in [3.8, 4) is 0 Å². The van der Waals surface area contributed by atoms with Crippen molar-refractivity contribution in [1.82, 2.24) is 0 Å². The zero-order chi connectivity index (χ0) is 12.7. The Kier molecular flexibility index (Phi) is 6.01. The van der Waals surface area contributed by atoms with Crippen LogP contribution >= 0.6 is 0 Å². The quantitative estimate of drug-likeness (QED) is 0.765. The molecule has 2 N–H and O–H groups in total. The largest absolute Gasteiger partial charge is 0.395 e. The van der Waals surface area contributed by atoms with Crippen molar-refractivity contribution < 1.29 is 10.2 Å². The summed E-state index contributed by atoms with van der Waals surface area (Å²) in [5, 5.41) is 19.1. The first-order chi connectivity index (χ1) is 8.24. The molecular formula is C14H23NO2. The summed E-state index contributed by atoms with van der Waals surface area (Å²) >= 11 is 0. The van der Waals surface area contributed by atoms with Gasteiger partial charge in [0.05, 0.1) is 12.7 Å². The lowest BCUT2D eigenvalue weighted by Gasteiger charge is -2.27. The molecule has 1 rings (SSSR count). The lowest BCUT2D eigenvalue weighted by atomic mass is 10.0. The number of hydrogen-bond donors (Lipinski definition) is 2. The van der Waals surface area contributed by atoms with E-state index in [0.29, 0.717) is 13.0 Å². The fourth-order valence-corrected chi connectivity index (χ4v) is 2.02. The van der Waals surface area contributed by atoms with Gasteiger partial charge in [0.2, 0.25) is 0 Å². The highest BCUT2D eigenvalue weighted by molar-refractivity contribution is 5.54. The highest BCUT2D eigenvalue weighted by Gasteiger charge is 2.14. The predicted octanol–water partition coefficient (Wildman–Crippen LogP) is 2.34. The van der Waals surface area contributed by atoms with E-state index in [-0.39, 0.29) is 6.61 Å². The Hall–Kier alpha value is -1.06. The van der Waals surface area contributed by atoms with Gasteiger partial charge in [0.15, 0.2) is 0 Å². The highest BCUT2D eigenvalue weighted by Crippen LogP contribution is 2.28. The van der Waals surface area contributed by atoms with Gasteiger partial charge in [-0.05, 0) is 18.9 Å². The van der Waals surface area contributed by atoms with Crippen molar-refractivity contribution >= 4 is 5.69 Å². The molecule has 1 unspecified atom stereocenters. The van der Waals surface area contributed by atoms with Gasteiger partial charge in [0.25, 0.3) is 0 Å². The van der Waals surface area contributed by atoms with Crippen LogP contribution in [-0.4, -0.2) is 29.9 Å². The normalized spacial score (nSPS) is 12.5. The van der Waals surface area contributed by atoms with E-state index >= 15 is 0 Å². The SMILES string of the molecule is CCCN(CCO)c1ccccc1C(O)CC. The lowest BCUT2D eigenvalue weighted by molar-refractivity contribution is 0.174. The van der Waals surface area contributed by atoms with E-state index in [0.717, 1.165) is 24.2 Å². The van der Waals surface area contributed by atoms with Crippen molar-refractivity contribution in [2.45, 2.75) is 32.8 Å². The van der Waals surface area contributed by atoms with E-state index in [1.54, 1.807) is 0 Å². The average Bonchev–Trinajstić information content (AvgIpc) is 2.37. The van der Waals surface area contributed by atoms with Crippen LogP contribution in [0.2, 0.25) is 0 Å². The van der Waals surface area contributed by atoms with Gasteiger partial charge < -0.3 is 15.1 Å². The van der Waals surface area contributed by atoms with Crippen molar-refractivity contribution in [2.75, 3.05) is 24.6 Å². The molecule has 0 heterocycles. The molecule has 0 fully saturated rings. The molecule has 3 heteroatoms. The maximum absolute atomic E-state index is 10.0. The fourth-order valence-electron chi connectivity index (χ4n) is 2.02. The van der Waals surface area contributed by atoms with Gasteiger partial charge in [-0.2, -0.15) is 0 Å². The zero-order valence-electron chi connectivity index (χ0n) is 10.8. The number of benzene rings is 1. The van der Waals surface area contributed by atoms with E-state index in [1.807, 2.05) is 31.2 Å². The van der Waals surface area contributed by atoms with E-state index in [4.69, 9.17) is 5.11 Å². The van der Waals surface area contributed by atoms with Crippen LogP contribution in [-0.2, 0) is 0 Å². The van der Waals surface area contributed by atoms with Gasteiger partial charge >= 0.3 is 0 Å². The van der Waals surface area contributed by atoms with Crippen LogP contribution < -0.4 is 4.90 Å². The minimum absolute atomic E-state index is 0.135. The van der Waals surface area contributed by atoms with Crippen molar-refractivity contribution in [3.63, 3.8) is 0 Å². The molecule has 1 atom stereocenters. The van der Waals surface area contributed by atoms with Gasteiger partial charge in [-0.3, -0.25) is 0 Å². The third-order valence-corrected chi connectivity index (χ3v) is 2.89. The maximum atomic E-state index is 10.0. The summed E-state index contributed by atoms with van der Waals surface area (Å²) in [6.45, 7) is 5.73. The van der Waals surface area contributed by atoms with Crippen molar-refractivity contribution in [2.24, 2.45) is 0 Å². The Morgan fingerprint density at radius 2 is 1.88 bits per heavy atom. The summed E-state index contributed by atoms with van der Waals surface area (Å²) in [5.41, 5.74) is 2.00. The standard InChI is InChI=1S/C14H23NO2/c1-3-9-15(10-11-16)13-8-6-5-7-12(13)14(17)4-2/h5-8,14,16-17H,3-4,9-11H2,1-2H3. The lowest BCUT2D eigenvalue weighted by Crippen LogP contribution is -2.28. The number of para-hydroxylation sites is 1. The monoisotopic (exact) mass is 237 g/mol. The van der Waals surface area contributed by atoms with Crippen LogP contribution in [0.25, 0.3) is 0 Å². The second-order valence-corrected chi connectivity index (χ2v) is 4.19. The topological polar surface area (TPSA) is 43.7 Å². The molecule has 17 heavy (non-hydrogen) atoms. The molecule has 0 aliphatic heterocycles. The number of anilines is 1. The summed E-state index contributed by atoms with van der Waals surface area (Å²) in [6, 6.07) is 7.89. The minimum atomic E-state index is -0.427. The van der Waals surface area contributed by atoms with Gasteiger partial charge in [-0.25, -0.2) is 0 Å². The molecule has 0 aromatic heterocycles. The summed E-state index contributed by atoms with van der Waals surface area (Å²) in [5.74, 6) is 0. The number of aliphatic hydroxyl groups excluding tert-OH is 2. The number of rotatable bonds is 7. The number of hydrogen-bond acceptors (Lipinski definition) is 3. The molecule has 0 aliphatic carbocycles. The van der Waals surface area contributed by atoms with Gasteiger partial charge in [0.1, 0.15) is 0 Å². The van der Waals surface area contributed by atoms with Crippen molar-refractivity contribution in [3.05, 3.63) is 29.8 Å². The molecule has 0 bridgehead atoms. The summed E-state index contributed by atoms with van der Waals surface area (Å²) in [6.07, 6.45) is 1.30. The smallest absolute Gasteiger partial charge is 0.0807 e. The van der Waals surface area contributed by atoms with Crippen LogP contribution in [0.4, 0.5) is 5.69 Å². The minimum Gasteiger partial charge on any atom is -0.395 e. The van der Waals surface area contributed by atoms with Gasteiger partial charge in [-0.15, -0.1) is 0 Å². The first kappa shape index (κ1) is 14.0. The van der Waals surface area contributed by atoms with Crippen LogP contribution in [0.3, 0.4) is 0 Å². The van der Waals surface area contributed by atoms with Crippen molar-refractivity contribution in [1.29, 1.82) is 0 Å². The third-order valence-electron chi connectivity index (χ3n) is 2.89. The predicted molar refractivity (Wildman–Crippen MR) is 71.3 cm³/mol. The molecule has 0 spiro atoms. The molecule has 0 radical (unpaired) electrons. The second-order valence-electron chi connectivity index (χ2n) is 4.19. The number of nitrogens with zero attached hydrogens (tertiary/aromatic N) is 1. The Morgan fingerprint density at radius 3 is 2.47 bits per heavy atom. The van der Waals surface area contributed by atoms with Gasteiger partial charge in [-0.1, -0.05) is 32.0 Å². The molecule has 0 saturated carbocycles. The van der Waals surface area contributed by atoms with Gasteiger partial charge in [0, 0.05) is 24.3 Å². The van der Waals surface area contributed by atoms with E-state index in [9.17, 15) is 5.11 Å². The summed E-state index contributed by atoms with van der Waals surface area (Å²) < 4.78 is 0. The molecular weight excluding hydrogens is 214 g/mol. The Bertz CT molecular complexity index is 322. The van der Waals surface area contributed by atoms with E-state index in [2.05, 4.69) is 11.8 Å². The third kappa shape index (κ3) is 3.72. The Balaban J connectivity index is 2.99. The van der Waals surface area contributed by atoms with E-state index in [1.165, 1.54) is 0 Å².